The molecule has 3 heteroatoms. The predicted molar refractivity (Wildman–Crippen MR) is 78.1 cm³/mol. The third-order valence-corrected chi connectivity index (χ3v) is 5.93. The first-order chi connectivity index (χ1) is 9.41. The minimum atomic E-state index is -0.523. The first-order valence-corrected chi connectivity index (χ1v) is 8.12. The van der Waals surface area contributed by atoms with Gasteiger partial charge in [-0.25, -0.2) is 0 Å². The zero-order valence-electron chi connectivity index (χ0n) is 13.3. The highest BCUT2D eigenvalue weighted by atomic mass is 16.5. The second-order valence-electron chi connectivity index (χ2n) is 7.00. The molecule has 2 aliphatic rings. The Hall–Kier alpha value is -0.860. The molecule has 2 aliphatic carbocycles. The number of fused-ring (bicyclic) bond motifs is 1. The van der Waals surface area contributed by atoms with E-state index in [1.54, 1.807) is 6.92 Å². The van der Waals surface area contributed by atoms with Gasteiger partial charge in [-0.05, 0) is 50.4 Å². The van der Waals surface area contributed by atoms with Crippen molar-refractivity contribution in [3.8, 4) is 0 Å². The second kappa shape index (κ2) is 5.87. The van der Waals surface area contributed by atoms with E-state index in [9.17, 15) is 9.59 Å². The number of hydrogen-bond donors (Lipinski definition) is 0. The monoisotopic (exact) mass is 280 g/mol. The van der Waals surface area contributed by atoms with E-state index < -0.39 is 5.92 Å². The van der Waals surface area contributed by atoms with Crippen LogP contribution in [0.4, 0.5) is 0 Å². The van der Waals surface area contributed by atoms with E-state index in [4.69, 9.17) is 4.74 Å². The van der Waals surface area contributed by atoms with Crippen molar-refractivity contribution in [2.24, 2.45) is 29.1 Å². The molecule has 0 saturated heterocycles. The summed E-state index contributed by atoms with van der Waals surface area (Å²) < 4.78 is 5.12. The fourth-order valence-corrected chi connectivity index (χ4v) is 4.38. The lowest BCUT2D eigenvalue weighted by atomic mass is 9.57. The molecule has 3 nitrogen and oxygen atoms in total. The fraction of sp³-hybridized carbons (Fsp3) is 0.882. The van der Waals surface area contributed by atoms with E-state index in [-0.39, 0.29) is 17.2 Å². The number of hydrogen-bond acceptors (Lipinski definition) is 3. The van der Waals surface area contributed by atoms with Gasteiger partial charge in [-0.15, -0.1) is 0 Å². The summed E-state index contributed by atoms with van der Waals surface area (Å²) in [6, 6.07) is 0. The second-order valence-corrected chi connectivity index (χ2v) is 7.00. The van der Waals surface area contributed by atoms with Crippen LogP contribution in [0, 0.1) is 29.1 Å². The highest BCUT2D eigenvalue weighted by Gasteiger charge is 2.52. The highest BCUT2D eigenvalue weighted by molar-refractivity contribution is 6.02. The van der Waals surface area contributed by atoms with Crippen LogP contribution in [0.2, 0.25) is 0 Å². The van der Waals surface area contributed by atoms with Crippen LogP contribution < -0.4 is 0 Å². The molecule has 5 atom stereocenters. The van der Waals surface area contributed by atoms with Crippen molar-refractivity contribution in [2.75, 3.05) is 6.61 Å². The van der Waals surface area contributed by atoms with Gasteiger partial charge in [0.05, 0.1) is 6.61 Å². The molecule has 0 aromatic carbocycles. The Balaban J connectivity index is 2.26. The Bertz CT molecular complexity index is 390. The van der Waals surface area contributed by atoms with Crippen LogP contribution in [-0.2, 0) is 14.3 Å². The van der Waals surface area contributed by atoms with Crippen LogP contribution >= 0.6 is 0 Å². The Morgan fingerprint density at radius 3 is 2.65 bits per heavy atom. The van der Waals surface area contributed by atoms with E-state index in [2.05, 4.69) is 20.8 Å². The molecule has 0 spiro atoms. The highest BCUT2D eigenvalue weighted by Crippen LogP contribution is 2.52. The maximum absolute atomic E-state index is 13.0. The first-order valence-electron chi connectivity index (χ1n) is 8.12. The van der Waals surface area contributed by atoms with Crippen molar-refractivity contribution in [1.82, 2.24) is 0 Å². The van der Waals surface area contributed by atoms with E-state index in [0.29, 0.717) is 30.8 Å². The summed E-state index contributed by atoms with van der Waals surface area (Å²) in [4.78, 5) is 25.0. The third kappa shape index (κ3) is 2.51. The number of ether oxygens (including phenoxy) is 1. The average molecular weight is 280 g/mol. The molecular weight excluding hydrogens is 252 g/mol. The molecule has 0 radical (unpaired) electrons. The van der Waals surface area contributed by atoms with Crippen molar-refractivity contribution in [3.63, 3.8) is 0 Å². The molecule has 114 valence electrons. The summed E-state index contributed by atoms with van der Waals surface area (Å²) in [6.45, 7) is 8.83. The zero-order valence-corrected chi connectivity index (χ0v) is 13.3. The summed E-state index contributed by atoms with van der Waals surface area (Å²) in [6.07, 6.45) is 4.73. The van der Waals surface area contributed by atoms with Crippen LogP contribution in [0.15, 0.2) is 0 Å². The van der Waals surface area contributed by atoms with Crippen LogP contribution in [0.3, 0.4) is 0 Å². The number of esters is 1. The first kappa shape index (κ1) is 15.5. The quantitative estimate of drug-likeness (QED) is 0.573. The molecule has 20 heavy (non-hydrogen) atoms. The van der Waals surface area contributed by atoms with Gasteiger partial charge in [-0.3, -0.25) is 9.59 Å². The molecule has 2 fully saturated rings. The maximum Gasteiger partial charge on any atom is 0.316 e. The van der Waals surface area contributed by atoms with Crippen molar-refractivity contribution >= 4 is 11.8 Å². The molecule has 1 unspecified atom stereocenters. The van der Waals surface area contributed by atoms with E-state index in [1.807, 2.05) is 0 Å². The molecule has 2 rings (SSSR count). The van der Waals surface area contributed by atoms with Crippen molar-refractivity contribution in [1.29, 1.82) is 0 Å². The number of Topliss-reactive ketones (excluding diaryl/α,β-unsaturated/α-hetero) is 1. The minimum absolute atomic E-state index is 0.150. The van der Waals surface area contributed by atoms with Crippen LogP contribution in [0.25, 0.3) is 0 Å². The van der Waals surface area contributed by atoms with Gasteiger partial charge < -0.3 is 4.74 Å². The Kier molecular flexibility index (Phi) is 4.55. The van der Waals surface area contributed by atoms with E-state index in [0.717, 1.165) is 25.7 Å². The molecule has 0 amide bonds. The van der Waals surface area contributed by atoms with Gasteiger partial charge in [-0.2, -0.15) is 0 Å². The largest absolute Gasteiger partial charge is 0.465 e. The van der Waals surface area contributed by atoms with E-state index >= 15 is 0 Å². The Morgan fingerprint density at radius 2 is 2.00 bits per heavy atom. The normalized spacial score (nSPS) is 41.7. The Morgan fingerprint density at radius 1 is 1.30 bits per heavy atom. The smallest absolute Gasteiger partial charge is 0.316 e. The molecule has 0 bridgehead atoms. The minimum Gasteiger partial charge on any atom is -0.465 e. The lowest BCUT2D eigenvalue weighted by molar-refractivity contribution is -0.156. The lowest BCUT2D eigenvalue weighted by Crippen LogP contribution is -2.47. The van der Waals surface area contributed by atoms with Gasteiger partial charge in [0.25, 0.3) is 0 Å². The van der Waals surface area contributed by atoms with Gasteiger partial charge in [0.1, 0.15) is 5.92 Å². The summed E-state index contributed by atoms with van der Waals surface area (Å²) in [5.41, 5.74) is -0.320. The van der Waals surface area contributed by atoms with Gasteiger partial charge in [0.2, 0.25) is 0 Å². The van der Waals surface area contributed by atoms with E-state index in [1.165, 1.54) is 0 Å². The Labute approximate surface area is 122 Å². The van der Waals surface area contributed by atoms with Crippen molar-refractivity contribution in [2.45, 2.75) is 59.8 Å². The topological polar surface area (TPSA) is 43.4 Å². The average Bonchev–Trinajstić information content (AvgIpc) is 2.54. The van der Waals surface area contributed by atoms with Crippen molar-refractivity contribution in [3.05, 3.63) is 0 Å². The third-order valence-electron chi connectivity index (χ3n) is 5.93. The fourth-order valence-electron chi connectivity index (χ4n) is 4.38. The number of ketones is 1. The SMILES string of the molecule is CCOC(=O)C1CCC[C@@H]2[C@@H](C)[C@H](C)CC[C@@]2(C)C1=O. The summed E-state index contributed by atoms with van der Waals surface area (Å²) in [5.74, 6) is 1.00. The van der Waals surface area contributed by atoms with Gasteiger partial charge in [0.15, 0.2) is 5.78 Å². The molecule has 0 aromatic heterocycles. The van der Waals surface area contributed by atoms with Gasteiger partial charge >= 0.3 is 5.97 Å². The van der Waals surface area contributed by atoms with Crippen LogP contribution in [0.1, 0.15) is 59.8 Å². The van der Waals surface area contributed by atoms with Crippen molar-refractivity contribution < 1.29 is 14.3 Å². The molecule has 0 heterocycles. The molecule has 2 saturated carbocycles. The standard InChI is InChI=1S/C17H28O3/c1-5-20-16(19)13-7-6-8-14-12(3)11(2)9-10-17(14,4)15(13)18/h11-14H,5-10H2,1-4H3/t11-,12+,13?,14-,17-/m1/s1. The summed E-state index contributed by atoms with van der Waals surface area (Å²) in [5, 5.41) is 0. The van der Waals surface area contributed by atoms with Gasteiger partial charge in [0, 0.05) is 5.41 Å². The maximum atomic E-state index is 13.0. The zero-order chi connectivity index (χ0) is 14.9. The van der Waals surface area contributed by atoms with Crippen LogP contribution in [0.5, 0.6) is 0 Å². The number of carbonyl (C=O) groups is 2. The molecule has 0 aliphatic heterocycles. The summed E-state index contributed by atoms with van der Waals surface area (Å²) in [7, 11) is 0. The van der Waals surface area contributed by atoms with Gasteiger partial charge in [-0.1, -0.05) is 27.2 Å². The predicted octanol–water partition coefficient (Wildman–Crippen LogP) is 3.61. The van der Waals surface area contributed by atoms with Crippen LogP contribution in [-0.4, -0.2) is 18.4 Å². The number of rotatable bonds is 2. The number of carbonyl (C=O) groups excluding carboxylic acids is 2. The molecular formula is C17H28O3. The molecule has 0 aromatic rings. The summed E-state index contributed by atoms with van der Waals surface area (Å²) >= 11 is 0. The lowest BCUT2D eigenvalue weighted by Gasteiger charge is -2.46. The molecule has 0 N–H and O–H groups in total.